The van der Waals surface area contributed by atoms with Crippen molar-refractivity contribution >= 4 is 25.8 Å². The molecule has 4 rings (SSSR count). The minimum absolute atomic E-state index is 0.0507. The molecule has 168 valence electrons. The van der Waals surface area contributed by atoms with Crippen LogP contribution >= 0.6 is 15.9 Å². The molecule has 1 fully saturated rings. The van der Waals surface area contributed by atoms with Crippen LogP contribution in [0.15, 0.2) is 73.7 Å². The van der Waals surface area contributed by atoms with Gasteiger partial charge in [-0.2, -0.15) is 4.98 Å². The first-order valence-corrected chi connectivity index (χ1v) is 13.0. The molecule has 1 N–H and O–H groups in total. The van der Waals surface area contributed by atoms with Crippen molar-refractivity contribution in [2.45, 2.75) is 60.8 Å². The fraction of sp³-hybridized carbons (Fsp3) is 0.333. The zero-order chi connectivity index (χ0) is 22.7. The highest BCUT2D eigenvalue weighted by Gasteiger charge is 2.32. The number of nitrogens with zero attached hydrogens (tertiary/aromatic N) is 2. The molecule has 0 aliphatic heterocycles. The molecule has 6 nitrogen and oxygen atoms in total. The summed E-state index contributed by atoms with van der Waals surface area (Å²) in [5.41, 5.74) is 0.452. The van der Waals surface area contributed by atoms with Gasteiger partial charge in [-0.05, 0) is 55.5 Å². The number of benzene rings is 2. The molecule has 0 unspecified atom stereocenters. The quantitative estimate of drug-likeness (QED) is 0.485. The third-order valence-electron chi connectivity index (χ3n) is 5.94. The Morgan fingerprint density at radius 1 is 1.03 bits per heavy atom. The lowest BCUT2D eigenvalue weighted by Gasteiger charge is -2.19. The Balaban J connectivity index is 1.75. The highest BCUT2D eigenvalue weighted by atomic mass is 79.9. The van der Waals surface area contributed by atoms with Gasteiger partial charge in [0.05, 0.1) is 4.90 Å². The van der Waals surface area contributed by atoms with E-state index in [-0.39, 0.29) is 10.8 Å². The molecule has 1 heterocycles. The maximum Gasteiger partial charge on any atom is 0.276 e. The largest absolute Gasteiger partial charge is 0.492 e. The van der Waals surface area contributed by atoms with Crippen molar-refractivity contribution in [2.24, 2.45) is 0 Å². The molecule has 1 aromatic heterocycles. The molecule has 3 aromatic rings. The minimum Gasteiger partial charge on any atom is -0.492 e. The van der Waals surface area contributed by atoms with E-state index in [1.165, 1.54) is 16.7 Å². The van der Waals surface area contributed by atoms with Crippen LogP contribution in [0.3, 0.4) is 0 Å². The van der Waals surface area contributed by atoms with Crippen LogP contribution in [0.5, 0.6) is 5.88 Å². The Morgan fingerprint density at radius 2 is 1.69 bits per heavy atom. The van der Waals surface area contributed by atoms with E-state index in [1.54, 1.807) is 12.1 Å². The summed E-state index contributed by atoms with van der Waals surface area (Å²) in [6.45, 7) is 0.343. The molecular formula is C24H25BrN2O4S. The molecular weight excluding hydrogens is 492 g/mol. The van der Waals surface area contributed by atoms with E-state index >= 15 is 0 Å². The summed E-state index contributed by atoms with van der Waals surface area (Å²) < 4.78 is 28.7. The standard InChI is InChI=1S/C24H25BrN2O4S/c25-19-12-14-20(15-13-19)32(30,31)21-23(28)26-22(18-10-4-5-11-18)27(24(21)29)16-6-9-17-7-2-1-3-8-17/h1-3,7-8,12-15,18,28H,4-6,9-11,16H2. The molecule has 1 saturated carbocycles. The van der Waals surface area contributed by atoms with Gasteiger partial charge in [0.25, 0.3) is 5.56 Å². The van der Waals surface area contributed by atoms with Crippen molar-refractivity contribution in [3.8, 4) is 5.88 Å². The molecule has 0 bridgehead atoms. The van der Waals surface area contributed by atoms with Crippen LogP contribution in [0.1, 0.15) is 49.4 Å². The van der Waals surface area contributed by atoms with Gasteiger partial charge in [0.2, 0.25) is 15.7 Å². The van der Waals surface area contributed by atoms with Crippen LogP contribution in [0, 0.1) is 0 Å². The summed E-state index contributed by atoms with van der Waals surface area (Å²) in [5.74, 6) is -0.165. The van der Waals surface area contributed by atoms with Gasteiger partial charge in [-0.1, -0.05) is 59.1 Å². The number of hydrogen-bond acceptors (Lipinski definition) is 5. The highest BCUT2D eigenvalue weighted by molar-refractivity contribution is 9.10. The lowest BCUT2D eigenvalue weighted by molar-refractivity contribution is 0.408. The van der Waals surface area contributed by atoms with Gasteiger partial charge < -0.3 is 5.11 Å². The van der Waals surface area contributed by atoms with Crippen LogP contribution in [0.4, 0.5) is 0 Å². The van der Waals surface area contributed by atoms with Crippen LogP contribution in [-0.4, -0.2) is 23.1 Å². The number of rotatable bonds is 7. The van der Waals surface area contributed by atoms with Gasteiger partial charge in [0.1, 0.15) is 5.82 Å². The van der Waals surface area contributed by atoms with Gasteiger partial charge in [-0.15, -0.1) is 0 Å². The van der Waals surface area contributed by atoms with Crippen molar-refractivity contribution in [2.75, 3.05) is 0 Å². The van der Waals surface area contributed by atoms with E-state index in [9.17, 15) is 18.3 Å². The predicted molar refractivity (Wildman–Crippen MR) is 126 cm³/mol. The Labute approximate surface area is 196 Å². The summed E-state index contributed by atoms with van der Waals surface area (Å²) in [6.07, 6.45) is 5.24. The summed E-state index contributed by atoms with van der Waals surface area (Å²) in [5, 5.41) is 10.6. The number of aromatic hydroxyl groups is 1. The van der Waals surface area contributed by atoms with Gasteiger partial charge in [-0.3, -0.25) is 9.36 Å². The topological polar surface area (TPSA) is 89.3 Å². The fourth-order valence-electron chi connectivity index (χ4n) is 4.31. The van der Waals surface area contributed by atoms with Crippen LogP contribution in [0.25, 0.3) is 0 Å². The van der Waals surface area contributed by atoms with Gasteiger partial charge in [0.15, 0.2) is 4.90 Å². The summed E-state index contributed by atoms with van der Waals surface area (Å²) >= 11 is 3.28. The van der Waals surface area contributed by atoms with Crippen LogP contribution < -0.4 is 5.56 Å². The van der Waals surface area contributed by atoms with E-state index in [2.05, 4.69) is 20.9 Å². The number of aryl methyl sites for hydroxylation is 1. The van der Waals surface area contributed by atoms with Crippen LogP contribution in [-0.2, 0) is 22.8 Å². The van der Waals surface area contributed by atoms with E-state index in [0.29, 0.717) is 23.3 Å². The van der Waals surface area contributed by atoms with E-state index in [0.717, 1.165) is 37.7 Å². The van der Waals surface area contributed by atoms with Crippen molar-refractivity contribution in [3.63, 3.8) is 0 Å². The summed E-state index contributed by atoms with van der Waals surface area (Å²) in [7, 11) is -4.22. The molecule has 2 aromatic carbocycles. The molecule has 0 saturated heterocycles. The molecule has 0 spiro atoms. The first-order valence-electron chi connectivity index (χ1n) is 10.8. The average Bonchev–Trinajstić information content (AvgIpc) is 3.31. The molecule has 32 heavy (non-hydrogen) atoms. The SMILES string of the molecule is O=c1c(S(=O)(=O)c2ccc(Br)cc2)c(O)nc(C2CCCC2)n1CCCc1ccccc1. The number of sulfone groups is 1. The van der Waals surface area contributed by atoms with Crippen molar-refractivity contribution < 1.29 is 13.5 Å². The molecule has 8 heteroatoms. The maximum atomic E-state index is 13.5. The Morgan fingerprint density at radius 3 is 2.34 bits per heavy atom. The normalized spacial score (nSPS) is 14.7. The second kappa shape index (κ2) is 9.58. The lowest BCUT2D eigenvalue weighted by atomic mass is 10.1. The zero-order valence-corrected chi connectivity index (χ0v) is 20.0. The first kappa shape index (κ1) is 22.7. The Hall–Kier alpha value is -2.45. The average molecular weight is 517 g/mol. The van der Waals surface area contributed by atoms with Gasteiger partial charge in [0, 0.05) is 16.9 Å². The van der Waals surface area contributed by atoms with Crippen molar-refractivity contribution in [1.82, 2.24) is 9.55 Å². The number of hydrogen-bond donors (Lipinski definition) is 1. The van der Waals surface area contributed by atoms with Crippen LogP contribution in [0.2, 0.25) is 0 Å². The van der Waals surface area contributed by atoms with E-state index in [4.69, 9.17) is 0 Å². The number of aromatic nitrogens is 2. The molecule has 1 aliphatic carbocycles. The smallest absolute Gasteiger partial charge is 0.276 e. The molecule has 0 radical (unpaired) electrons. The molecule has 0 amide bonds. The number of halogens is 1. The van der Waals surface area contributed by atoms with Gasteiger partial charge >= 0.3 is 0 Å². The second-order valence-corrected chi connectivity index (χ2v) is 10.9. The molecule has 1 aliphatic rings. The predicted octanol–water partition coefficient (Wildman–Crippen LogP) is 4.83. The first-order chi connectivity index (χ1) is 15.4. The lowest BCUT2D eigenvalue weighted by Crippen LogP contribution is -2.31. The maximum absolute atomic E-state index is 13.5. The Bertz CT molecular complexity index is 1250. The summed E-state index contributed by atoms with van der Waals surface area (Å²) in [4.78, 5) is 17.0. The third kappa shape index (κ3) is 4.66. The Kier molecular flexibility index (Phi) is 6.81. The van der Waals surface area contributed by atoms with E-state index < -0.39 is 26.2 Å². The fourth-order valence-corrected chi connectivity index (χ4v) is 5.93. The third-order valence-corrected chi connectivity index (χ3v) is 8.26. The van der Waals surface area contributed by atoms with Gasteiger partial charge in [-0.25, -0.2) is 8.42 Å². The van der Waals surface area contributed by atoms with Crippen molar-refractivity contribution in [1.29, 1.82) is 0 Å². The minimum atomic E-state index is -4.22. The summed E-state index contributed by atoms with van der Waals surface area (Å²) in [6, 6.07) is 15.9. The highest BCUT2D eigenvalue weighted by Crippen LogP contribution is 2.35. The van der Waals surface area contributed by atoms with Crippen molar-refractivity contribution in [3.05, 3.63) is 80.8 Å². The zero-order valence-electron chi connectivity index (χ0n) is 17.6. The molecule has 0 atom stereocenters. The monoisotopic (exact) mass is 516 g/mol. The second-order valence-electron chi connectivity index (χ2n) is 8.11. The van der Waals surface area contributed by atoms with E-state index in [1.807, 2.05) is 30.3 Å².